The van der Waals surface area contributed by atoms with E-state index < -0.39 is 10.0 Å². The number of sulfonamides is 1. The number of carbonyl (C=O) groups is 1. The van der Waals surface area contributed by atoms with Crippen LogP contribution in [-0.4, -0.2) is 69.5 Å². The van der Waals surface area contributed by atoms with Gasteiger partial charge in [-0.25, -0.2) is 8.42 Å². The lowest BCUT2D eigenvalue weighted by Crippen LogP contribution is -2.43. The Kier molecular flexibility index (Phi) is 5.93. The van der Waals surface area contributed by atoms with Gasteiger partial charge in [0, 0.05) is 31.9 Å². The van der Waals surface area contributed by atoms with Gasteiger partial charge in [-0.05, 0) is 31.0 Å². The number of amides is 1. The first-order valence-corrected chi connectivity index (χ1v) is 10.2. The van der Waals surface area contributed by atoms with Crippen molar-refractivity contribution in [3.05, 3.63) is 24.3 Å². The van der Waals surface area contributed by atoms with Crippen molar-refractivity contribution in [2.45, 2.75) is 24.2 Å². The van der Waals surface area contributed by atoms with E-state index in [0.717, 1.165) is 19.3 Å². The molecule has 2 aliphatic heterocycles. The molecule has 25 heavy (non-hydrogen) atoms. The summed E-state index contributed by atoms with van der Waals surface area (Å²) in [5, 5.41) is 3.04. The third kappa shape index (κ3) is 4.50. The number of anilines is 1. The molecule has 2 saturated heterocycles. The number of rotatable bonds is 5. The number of ether oxygens (including phenoxy) is 1. The van der Waals surface area contributed by atoms with Crippen molar-refractivity contribution in [3.63, 3.8) is 0 Å². The summed E-state index contributed by atoms with van der Waals surface area (Å²) in [7, 11) is -3.46. The monoisotopic (exact) mass is 367 g/mol. The van der Waals surface area contributed by atoms with Crippen molar-refractivity contribution in [1.29, 1.82) is 0 Å². The molecule has 138 valence electrons. The van der Waals surface area contributed by atoms with Gasteiger partial charge in [-0.1, -0.05) is 12.5 Å². The average Bonchev–Trinajstić information content (AvgIpc) is 2.67. The first kappa shape index (κ1) is 18.2. The van der Waals surface area contributed by atoms with E-state index in [4.69, 9.17) is 4.74 Å². The van der Waals surface area contributed by atoms with Crippen molar-refractivity contribution >= 4 is 21.6 Å². The lowest BCUT2D eigenvalue weighted by atomic mass is 10.2. The Hall–Kier alpha value is -1.64. The van der Waals surface area contributed by atoms with Crippen LogP contribution in [0.5, 0.6) is 0 Å². The quantitative estimate of drug-likeness (QED) is 0.844. The van der Waals surface area contributed by atoms with Crippen molar-refractivity contribution in [2.24, 2.45) is 0 Å². The summed E-state index contributed by atoms with van der Waals surface area (Å²) in [5.41, 5.74) is 0.639. The molecule has 0 saturated carbocycles. The maximum absolute atomic E-state index is 12.7. The Balaban J connectivity index is 1.63. The highest BCUT2D eigenvalue weighted by atomic mass is 32.2. The molecule has 7 nitrogen and oxygen atoms in total. The van der Waals surface area contributed by atoms with Crippen LogP contribution in [0.25, 0.3) is 0 Å². The van der Waals surface area contributed by atoms with Gasteiger partial charge >= 0.3 is 0 Å². The zero-order chi connectivity index (χ0) is 17.7. The highest BCUT2D eigenvalue weighted by Gasteiger charge is 2.26. The summed E-state index contributed by atoms with van der Waals surface area (Å²) in [6.45, 7) is 3.64. The zero-order valence-corrected chi connectivity index (χ0v) is 15.1. The average molecular weight is 367 g/mol. The Bertz CT molecular complexity index is 696. The summed E-state index contributed by atoms with van der Waals surface area (Å²) >= 11 is 0. The predicted molar refractivity (Wildman–Crippen MR) is 94.9 cm³/mol. The van der Waals surface area contributed by atoms with Gasteiger partial charge in [-0.15, -0.1) is 0 Å². The molecule has 0 atom stereocenters. The van der Waals surface area contributed by atoms with Crippen molar-refractivity contribution in [2.75, 3.05) is 51.3 Å². The van der Waals surface area contributed by atoms with Gasteiger partial charge in [0.15, 0.2) is 0 Å². The Morgan fingerprint density at radius 1 is 1.08 bits per heavy atom. The van der Waals surface area contributed by atoms with Gasteiger partial charge in [-0.2, -0.15) is 4.31 Å². The molecule has 0 aromatic heterocycles. The van der Waals surface area contributed by atoms with E-state index in [2.05, 4.69) is 5.32 Å². The highest BCUT2D eigenvalue weighted by molar-refractivity contribution is 7.89. The molecule has 1 aromatic carbocycles. The van der Waals surface area contributed by atoms with Crippen LogP contribution in [0.15, 0.2) is 29.2 Å². The van der Waals surface area contributed by atoms with Crippen LogP contribution in [0.4, 0.5) is 5.69 Å². The molecule has 8 heteroatoms. The molecule has 1 amide bonds. The predicted octanol–water partition coefficient (Wildman–Crippen LogP) is 1.13. The van der Waals surface area contributed by atoms with Crippen LogP contribution in [0.3, 0.4) is 0 Å². The fourth-order valence-corrected chi connectivity index (χ4v) is 4.69. The maximum atomic E-state index is 12.7. The molecular formula is C17H25N3O4S. The number of piperidine rings is 1. The van der Waals surface area contributed by atoms with Gasteiger partial charge in [0.05, 0.1) is 24.7 Å². The second-order valence-electron chi connectivity index (χ2n) is 6.34. The summed E-state index contributed by atoms with van der Waals surface area (Å²) in [5.74, 6) is -0.00686. The number of hydrogen-bond donors (Lipinski definition) is 1. The Morgan fingerprint density at radius 3 is 2.52 bits per heavy atom. The summed E-state index contributed by atoms with van der Waals surface area (Å²) in [6, 6.07) is 6.70. The number of nitrogens with one attached hydrogen (secondary N) is 1. The van der Waals surface area contributed by atoms with Gasteiger partial charge in [-0.3, -0.25) is 4.79 Å². The third-order valence-corrected chi connectivity index (χ3v) is 6.49. The van der Waals surface area contributed by atoms with Crippen molar-refractivity contribution in [3.8, 4) is 0 Å². The Labute approximate surface area is 149 Å². The smallest absolute Gasteiger partial charge is 0.243 e. The van der Waals surface area contributed by atoms with Gasteiger partial charge in [0.25, 0.3) is 0 Å². The lowest BCUT2D eigenvalue weighted by Gasteiger charge is -2.27. The molecule has 1 aromatic rings. The minimum Gasteiger partial charge on any atom is -0.378 e. The lowest BCUT2D eigenvalue weighted by molar-refractivity contribution is -0.133. The van der Waals surface area contributed by atoms with E-state index in [-0.39, 0.29) is 17.3 Å². The van der Waals surface area contributed by atoms with E-state index in [9.17, 15) is 13.2 Å². The molecule has 2 aliphatic rings. The molecule has 2 fully saturated rings. The van der Waals surface area contributed by atoms with Gasteiger partial charge in [0.1, 0.15) is 0 Å². The minimum atomic E-state index is -3.46. The molecule has 0 radical (unpaired) electrons. The first-order chi connectivity index (χ1) is 12.1. The molecule has 0 spiro atoms. The first-order valence-electron chi connectivity index (χ1n) is 8.77. The molecule has 0 aliphatic carbocycles. The fraction of sp³-hybridized carbons (Fsp3) is 0.588. The molecule has 1 N–H and O–H groups in total. The zero-order valence-electron chi connectivity index (χ0n) is 14.3. The largest absolute Gasteiger partial charge is 0.378 e. The van der Waals surface area contributed by atoms with Gasteiger partial charge in [0.2, 0.25) is 15.9 Å². The number of carbonyl (C=O) groups excluding carboxylic acids is 1. The normalized spacial score (nSPS) is 19.6. The van der Waals surface area contributed by atoms with E-state index in [0.29, 0.717) is 45.1 Å². The minimum absolute atomic E-state index is 0.00686. The van der Waals surface area contributed by atoms with Gasteiger partial charge < -0.3 is 15.0 Å². The second-order valence-corrected chi connectivity index (χ2v) is 8.28. The van der Waals surface area contributed by atoms with Crippen LogP contribution < -0.4 is 5.32 Å². The van der Waals surface area contributed by atoms with Crippen LogP contribution in [-0.2, 0) is 19.6 Å². The second kappa shape index (κ2) is 8.16. The van der Waals surface area contributed by atoms with Crippen LogP contribution in [0.2, 0.25) is 0 Å². The van der Waals surface area contributed by atoms with Crippen LogP contribution >= 0.6 is 0 Å². The Morgan fingerprint density at radius 2 is 1.80 bits per heavy atom. The number of morpholine rings is 1. The molecule has 0 bridgehead atoms. The third-order valence-electron chi connectivity index (χ3n) is 4.59. The van der Waals surface area contributed by atoms with E-state index in [1.165, 1.54) is 0 Å². The number of nitrogens with zero attached hydrogens (tertiary/aromatic N) is 2. The van der Waals surface area contributed by atoms with E-state index in [1.807, 2.05) is 0 Å². The molecule has 0 unspecified atom stereocenters. The highest BCUT2D eigenvalue weighted by Crippen LogP contribution is 2.22. The summed E-state index contributed by atoms with van der Waals surface area (Å²) < 4.78 is 32.3. The summed E-state index contributed by atoms with van der Waals surface area (Å²) in [6.07, 6.45) is 2.90. The standard InChI is InChI=1S/C17H25N3O4S/c21-17(19-9-11-24-12-10-19)14-18-15-5-4-6-16(13-15)25(22,23)20-7-2-1-3-8-20/h4-6,13,18H,1-3,7-12,14H2. The van der Waals surface area contributed by atoms with E-state index >= 15 is 0 Å². The topological polar surface area (TPSA) is 79.0 Å². The number of hydrogen-bond acceptors (Lipinski definition) is 5. The molecule has 3 rings (SSSR count). The molecule has 2 heterocycles. The van der Waals surface area contributed by atoms with Crippen molar-refractivity contribution in [1.82, 2.24) is 9.21 Å². The SMILES string of the molecule is O=C(CNc1cccc(S(=O)(=O)N2CCCCC2)c1)N1CCOCC1. The summed E-state index contributed by atoms with van der Waals surface area (Å²) in [4.78, 5) is 14.2. The fourth-order valence-electron chi connectivity index (χ4n) is 3.12. The van der Waals surface area contributed by atoms with Crippen LogP contribution in [0.1, 0.15) is 19.3 Å². The van der Waals surface area contributed by atoms with E-state index in [1.54, 1.807) is 33.5 Å². The van der Waals surface area contributed by atoms with Crippen molar-refractivity contribution < 1.29 is 17.9 Å². The molecular weight excluding hydrogens is 342 g/mol. The van der Waals surface area contributed by atoms with Crippen LogP contribution in [0, 0.1) is 0 Å². The number of benzene rings is 1. The maximum Gasteiger partial charge on any atom is 0.243 e.